The second kappa shape index (κ2) is 10.4. The number of carbonyl (C=O) groups excluding carboxylic acids is 1. The monoisotopic (exact) mass is 534 g/mol. The number of furan rings is 1. The maximum Gasteiger partial charge on any atom is 0.416 e. The first-order chi connectivity index (χ1) is 17.5. The predicted octanol–water partition coefficient (Wildman–Crippen LogP) is 5.53. The van der Waals surface area contributed by atoms with Crippen LogP contribution in [0.1, 0.15) is 27.4 Å². The molecule has 2 heterocycles. The van der Waals surface area contributed by atoms with E-state index in [1.807, 2.05) is 4.90 Å². The lowest BCUT2D eigenvalue weighted by molar-refractivity contribution is -0.137. The fourth-order valence-corrected chi connectivity index (χ4v) is 3.79. The van der Waals surface area contributed by atoms with Gasteiger partial charge in [-0.2, -0.15) is 22.0 Å². The molecule has 1 amide bonds. The molecule has 4 rings (SSSR count). The van der Waals surface area contributed by atoms with Gasteiger partial charge in [-0.15, -0.1) is 0 Å². The molecule has 0 bridgehead atoms. The molecule has 1 aliphatic heterocycles. The quantitative estimate of drug-likeness (QED) is 0.237. The number of ether oxygens (including phenoxy) is 1. The summed E-state index contributed by atoms with van der Waals surface area (Å²) in [6, 6.07) is 7.52. The standard InChI is InChI=1S/C24H18F8N2O3/c25-17-18(26)20(28)22(21(29)19(17)27)36-12-15-4-5-16(37-15)23(35)34-8-6-33(7-9-34)11-13-2-1-3-14(10-13)24(30,31)32/h1-5,10H,6-9,11-12H2. The van der Waals surface area contributed by atoms with Crippen molar-refractivity contribution < 1.29 is 49.1 Å². The van der Waals surface area contributed by atoms with Gasteiger partial charge < -0.3 is 14.1 Å². The zero-order valence-electron chi connectivity index (χ0n) is 18.8. The zero-order chi connectivity index (χ0) is 26.9. The van der Waals surface area contributed by atoms with Gasteiger partial charge >= 0.3 is 6.18 Å². The third-order valence-corrected chi connectivity index (χ3v) is 5.72. The first-order valence-electron chi connectivity index (χ1n) is 10.9. The molecule has 3 aromatic rings. The van der Waals surface area contributed by atoms with Crippen molar-refractivity contribution in [1.82, 2.24) is 9.80 Å². The van der Waals surface area contributed by atoms with E-state index in [1.165, 1.54) is 23.1 Å². The van der Waals surface area contributed by atoms with Crippen molar-refractivity contribution in [1.29, 1.82) is 0 Å². The van der Waals surface area contributed by atoms with Crippen LogP contribution in [-0.4, -0.2) is 41.9 Å². The Morgan fingerprint density at radius 1 is 0.865 bits per heavy atom. The fourth-order valence-electron chi connectivity index (χ4n) is 3.79. The summed E-state index contributed by atoms with van der Waals surface area (Å²) in [5, 5.41) is 0. The van der Waals surface area contributed by atoms with Crippen LogP contribution in [0, 0.1) is 29.1 Å². The van der Waals surface area contributed by atoms with E-state index in [0.717, 1.165) is 12.1 Å². The average molecular weight is 534 g/mol. The molecule has 0 saturated carbocycles. The Kier molecular flexibility index (Phi) is 7.44. The normalized spacial score (nSPS) is 14.8. The summed E-state index contributed by atoms with van der Waals surface area (Å²) < 4.78 is 116. The Labute approximate surface area is 204 Å². The van der Waals surface area contributed by atoms with E-state index in [0.29, 0.717) is 18.7 Å². The van der Waals surface area contributed by atoms with Crippen molar-refractivity contribution in [2.45, 2.75) is 19.3 Å². The van der Waals surface area contributed by atoms with Gasteiger partial charge in [-0.05, 0) is 23.8 Å². The van der Waals surface area contributed by atoms with Crippen molar-refractivity contribution >= 4 is 5.91 Å². The van der Waals surface area contributed by atoms with Crippen LogP contribution in [0.15, 0.2) is 40.8 Å². The van der Waals surface area contributed by atoms with Crippen LogP contribution in [0.25, 0.3) is 0 Å². The van der Waals surface area contributed by atoms with Crippen LogP contribution in [0.5, 0.6) is 5.75 Å². The summed E-state index contributed by atoms with van der Waals surface area (Å²) in [7, 11) is 0. The molecule has 0 spiro atoms. The van der Waals surface area contributed by atoms with E-state index in [4.69, 9.17) is 9.15 Å². The van der Waals surface area contributed by atoms with Gasteiger partial charge in [0, 0.05) is 32.7 Å². The van der Waals surface area contributed by atoms with E-state index < -0.39 is 59.1 Å². The van der Waals surface area contributed by atoms with Gasteiger partial charge in [-0.1, -0.05) is 18.2 Å². The third-order valence-electron chi connectivity index (χ3n) is 5.72. The highest BCUT2D eigenvalue weighted by Crippen LogP contribution is 2.31. The van der Waals surface area contributed by atoms with Crippen molar-refractivity contribution in [3.8, 4) is 5.75 Å². The molecule has 0 atom stereocenters. The molecule has 0 unspecified atom stereocenters. The molecule has 0 radical (unpaired) electrons. The van der Waals surface area contributed by atoms with Crippen LogP contribution in [0.4, 0.5) is 35.1 Å². The lowest BCUT2D eigenvalue weighted by Gasteiger charge is -2.34. The summed E-state index contributed by atoms with van der Waals surface area (Å²) in [6.07, 6.45) is -4.44. The number of piperazine rings is 1. The van der Waals surface area contributed by atoms with Crippen molar-refractivity contribution in [2.75, 3.05) is 26.2 Å². The number of amides is 1. The van der Waals surface area contributed by atoms with Gasteiger partial charge in [0.15, 0.2) is 11.5 Å². The number of alkyl halides is 3. The molecule has 198 valence electrons. The molecular weight excluding hydrogens is 516 g/mol. The summed E-state index contributed by atoms with van der Waals surface area (Å²) in [5.74, 6) is -13.1. The van der Waals surface area contributed by atoms with Gasteiger partial charge in [0.05, 0.1) is 5.56 Å². The minimum atomic E-state index is -4.44. The minimum Gasteiger partial charge on any atom is -0.479 e. The molecule has 1 aliphatic rings. The average Bonchev–Trinajstić information content (AvgIpc) is 3.35. The first-order valence-corrected chi connectivity index (χ1v) is 10.9. The van der Waals surface area contributed by atoms with Crippen LogP contribution >= 0.6 is 0 Å². The van der Waals surface area contributed by atoms with E-state index >= 15 is 0 Å². The number of rotatable bonds is 6. The van der Waals surface area contributed by atoms with Crippen LogP contribution in [0.3, 0.4) is 0 Å². The van der Waals surface area contributed by atoms with Gasteiger partial charge in [0.1, 0.15) is 12.4 Å². The molecule has 37 heavy (non-hydrogen) atoms. The summed E-state index contributed by atoms with van der Waals surface area (Å²) in [4.78, 5) is 16.1. The van der Waals surface area contributed by atoms with E-state index in [1.54, 1.807) is 6.07 Å². The van der Waals surface area contributed by atoms with Gasteiger partial charge in [-0.3, -0.25) is 9.69 Å². The fraction of sp³-hybridized carbons (Fsp3) is 0.292. The number of hydrogen-bond acceptors (Lipinski definition) is 4. The van der Waals surface area contributed by atoms with Crippen LogP contribution in [0.2, 0.25) is 0 Å². The smallest absolute Gasteiger partial charge is 0.416 e. The van der Waals surface area contributed by atoms with E-state index in [-0.39, 0.29) is 31.2 Å². The lowest BCUT2D eigenvalue weighted by atomic mass is 10.1. The summed E-state index contributed by atoms with van der Waals surface area (Å²) in [6.45, 7) is 0.851. The molecular formula is C24H18F8N2O3. The number of benzene rings is 2. The molecule has 2 aromatic carbocycles. The molecule has 5 nitrogen and oxygen atoms in total. The minimum absolute atomic E-state index is 0.101. The summed E-state index contributed by atoms with van der Waals surface area (Å²) >= 11 is 0. The number of nitrogens with zero attached hydrogens (tertiary/aromatic N) is 2. The Hall–Kier alpha value is -3.61. The molecule has 0 aliphatic carbocycles. The maximum atomic E-state index is 13.7. The third kappa shape index (κ3) is 5.71. The van der Waals surface area contributed by atoms with Gasteiger partial charge in [0.2, 0.25) is 29.1 Å². The molecule has 0 N–H and O–H groups in total. The van der Waals surface area contributed by atoms with Gasteiger partial charge in [-0.25, -0.2) is 13.2 Å². The lowest BCUT2D eigenvalue weighted by Crippen LogP contribution is -2.48. The highest BCUT2D eigenvalue weighted by atomic mass is 19.4. The second-order valence-electron chi connectivity index (χ2n) is 8.22. The molecule has 1 aromatic heterocycles. The number of hydrogen-bond donors (Lipinski definition) is 0. The largest absolute Gasteiger partial charge is 0.479 e. The SMILES string of the molecule is O=C(c1ccc(COc2c(F)c(F)c(F)c(F)c2F)o1)N1CCN(Cc2cccc(C(F)(F)F)c2)CC1. The number of halogens is 8. The zero-order valence-corrected chi connectivity index (χ0v) is 18.8. The Balaban J connectivity index is 1.33. The van der Waals surface area contributed by atoms with Crippen LogP contribution in [-0.2, 0) is 19.3 Å². The van der Waals surface area contributed by atoms with E-state index in [9.17, 15) is 39.9 Å². The van der Waals surface area contributed by atoms with Gasteiger partial charge in [0.25, 0.3) is 5.91 Å². The molecule has 1 fully saturated rings. The topological polar surface area (TPSA) is 45.9 Å². The van der Waals surface area contributed by atoms with Crippen LogP contribution < -0.4 is 4.74 Å². The first kappa shape index (κ1) is 26.5. The van der Waals surface area contributed by atoms with Crippen molar-refractivity contribution in [3.63, 3.8) is 0 Å². The van der Waals surface area contributed by atoms with Crippen molar-refractivity contribution in [2.24, 2.45) is 0 Å². The maximum absolute atomic E-state index is 13.7. The molecule has 13 heteroatoms. The second-order valence-corrected chi connectivity index (χ2v) is 8.22. The highest BCUT2D eigenvalue weighted by Gasteiger charge is 2.31. The molecule has 1 saturated heterocycles. The predicted molar refractivity (Wildman–Crippen MR) is 112 cm³/mol. The Morgan fingerprint density at radius 2 is 1.49 bits per heavy atom. The van der Waals surface area contributed by atoms with E-state index in [2.05, 4.69) is 0 Å². The highest BCUT2D eigenvalue weighted by molar-refractivity contribution is 5.91. The van der Waals surface area contributed by atoms with Crippen molar-refractivity contribution in [3.05, 3.63) is 88.1 Å². The Morgan fingerprint density at radius 3 is 2.11 bits per heavy atom. The summed E-state index contributed by atoms with van der Waals surface area (Å²) in [5.41, 5.74) is -0.254. The number of carbonyl (C=O) groups is 1. The Bertz CT molecular complexity index is 1270.